The molecule has 0 N–H and O–H groups in total. The summed E-state index contributed by atoms with van der Waals surface area (Å²) in [4.78, 5) is 16.5. The number of aryl methyl sites for hydroxylation is 1. The molecule has 2 unspecified atom stereocenters. The van der Waals surface area contributed by atoms with Crippen LogP contribution in [-0.4, -0.2) is 107 Å². The quantitative estimate of drug-likeness (QED) is 0.476. The van der Waals surface area contributed by atoms with Gasteiger partial charge in [0.15, 0.2) is 5.82 Å². The van der Waals surface area contributed by atoms with Gasteiger partial charge in [-0.25, -0.2) is 9.07 Å². The first-order chi connectivity index (χ1) is 18.6. The second kappa shape index (κ2) is 10.8. The Morgan fingerprint density at radius 1 is 0.949 bits per heavy atom. The van der Waals surface area contributed by atoms with Crippen LogP contribution in [0.5, 0.6) is 6.01 Å². The number of alkyl halides is 1. The van der Waals surface area contributed by atoms with Crippen LogP contribution in [0.4, 0.5) is 10.2 Å². The summed E-state index contributed by atoms with van der Waals surface area (Å²) in [6.07, 6.45) is 4.27. The van der Waals surface area contributed by atoms with Gasteiger partial charge < -0.3 is 14.4 Å². The van der Waals surface area contributed by atoms with E-state index in [0.29, 0.717) is 30.5 Å². The topological polar surface area (TPSA) is 71.8 Å². The van der Waals surface area contributed by atoms with E-state index in [-0.39, 0.29) is 19.4 Å². The van der Waals surface area contributed by atoms with Crippen LogP contribution in [0.2, 0.25) is 0 Å². The lowest BCUT2D eigenvalue weighted by atomic mass is 9.84. The zero-order chi connectivity index (χ0) is 25.8. The van der Waals surface area contributed by atoms with Crippen molar-refractivity contribution in [2.24, 2.45) is 0 Å². The number of rotatable bonds is 5. The van der Waals surface area contributed by atoms with Crippen molar-refractivity contribution in [2.45, 2.75) is 50.4 Å². The number of hydrogen-bond acceptors (Lipinski definition) is 8. The van der Waals surface area contributed by atoms with Crippen LogP contribution in [0.3, 0.4) is 0 Å². The summed E-state index contributed by atoms with van der Waals surface area (Å²) in [5.74, 6) is 1.41. The third-order valence-electron chi connectivity index (χ3n) is 9.05. The number of benzene rings is 1. The molecule has 3 aromatic rings. The number of aromatic nitrogens is 4. The highest BCUT2D eigenvalue weighted by Crippen LogP contribution is 2.36. The molecule has 2 aromatic heterocycles. The van der Waals surface area contributed by atoms with Crippen LogP contribution < -0.4 is 9.64 Å². The fraction of sp³-hybridized carbons (Fsp3) is 0.607. The van der Waals surface area contributed by atoms with Crippen LogP contribution in [-0.2, 0) is 4.74 Å². The number of piperidine rings is 1. The maximum Gasteiger partial charge on any atom is 0.320 e. The number of nitrogens with zero attached hydrogens (tertiary/aromatic N) is 7. The van der Waals surface area contributed by atoms with Gasteiger partial charge in [0.1, 0.15) is 12.0 Å². The van der Waals surface area contributed by atoms with E-state index >= 15 is 4.39 Å². The van der Waals surface area contributed by atoms with Crippen molar-refractivity contribution < 1.29 is 13.9 Å². The molecule has 0 saturated carbocycles. The molecule has 4 aliphatic heterocycles. The molecule has 0 bridgehead atoms. The smallest absolute Gasteiger partial charge is 0.320 e. The van der Waals surface area contributed by atoms with Gasteiger partial charge in [-0.3, -0.25) is 9.80 Å². The van der Waals surface area contributed by atoms with Crippen LogP contribution in [0.1, 0.15) is 36.3 Å². The summed E-state index contributed by atoms with van der Waals surface area (Å²) >= 11 is 0. The molecule has 0 amide bonds. The van der Waals surface area contributed by atoms with E-state index in [2.05, 4.69) is 38.7 Å². The van der Waals surface area contributed by atoms with Crippen LogP contribution in [0, 0.1) is 6.92 Å². The van der Waals surface area contributed by atoms with E-state index in [1.165, 1.54) is 19.4 Å². The molecule has 3 atom stereocenters. The van der Waals surface area contributed by atoms with E-state index in [9.17, 15) is 0 Å². The number of piperazine rings is 1. The van der Waals surface area contributed by atoms with Crippen molar-refractivity contribution in [3.8, 4) is 11.8 Å². The third-order valence-corrected chi connectivity index (χ3v) is 9.05. The van der Waals surface area contributed by atoms with Crippen molar-refractivity contribution in [1.82, 2.24) is 29.5 Å². The van der Waals surface area contributed by atoms with Crippen molar-refractivity contribution in [3.05, 3.63) is 35.5 Å². The second-order valence-electron chi connectivity index (χ2n) is 11.3. The van der Waals surface area contributed by atoms with Gasteiger partial charge in [0.2, 0.25) is 0 Å². The molecule has 4 fully saturated rings. The van der Waals surface area contributed by atoms with Crippen molar-refractivity contribution in [2.75, 3.05) is 64.5 Å². The number of anilines is 1. The Labute approximate surface area is 235 Å². The first-order valence-electron chi connectivity index (χ1n) is 13.9. The highest BCUT2D eigenvalue weighted by molar-refractivity contribution is 7.59. The Kier molecular flexibility index (Phi) is 7.43. The monoisotopic (exact) mass is 555 g/mol. The molecule has 1 aromatic carbocycles. The van der Waals surface area contributed by atoms with Gasteiger partial charge in [-0.15, -0.1) is 0 Å². The summed E-state index contributed by atoms with van der Waals surface area (Å²) in [5.41, 5.74) is 3.11. The van der Waals surface area contributed by atoms with Gasteiger partial charge in [-0.1, -0.05) is 0 Å². The Hall–Kier alpha value is -2.47. The zero-order valence-electron chi connectivity index (χ0n) is 22.7. The fourth-order valence-corrected chi connectivity index (χ4v) is 6.79. The molecular formula is C28H38FN7O2S. The highest BCUT2D eigenvalue weighted by Gasteiger charge is 2.37. The van der Waals surface area contributed by atoms with Gasteiger partial charge in [-0.05, 0) is 62.5 Å². The molecule has 0 aliphatic carbocycles. The van der Waals surface area contributed by atoms with Crippen LogP contribution in [0.15, 0.2) is 24.4 Å². The molecule has 0 spiro atoms. The Balaban J connectivity index is 0.00000277. The molecule has 11 heteroatoms. The predicted octanol–water partition coefficient (Wildman–Crippen LogP) is 3.06. The van der Waals surface area contributed by atoms with Crippen molar-refractivity contribution in [1.29, 1.82) is 0 Å². The third kappa shape index (κ3) is 4.87. The molecule has 7 rings (SSSR count). The standard InChI is InChI=1S/C28H36FN7O2.H2S/c1-18-10-19-13-30-36(25(19)11-23(18)22-5-7-34(15-24(22)29)21-16-38-17-21)27-12-26(31-28(32-27)37-2)35-9-8-33-6-3-4-20(33)14-35;/h10-13,20-22,24H,3-9,14-17H2,1-2H3;1H2/t20-,22?,24?;/m0./s1. The minimum Gasteiger partial charge on any atom is -0.467 e. The molecule has 0 radical (unpaired) electrons. The van der Waals surface area contributed by atoms with E-state index < -0.39 is 6.17 Å². The van der Waals surface area contributed by atoms with Crippen molar-refractivity contribution in [3.63, 3.8) is 0 Å². The Morgan fingerprint density at radius 2 is 1.79 bits per heavy atom. The number of hydrogen-bond donors (Lipinski definition) is 0. The Morgan fingerprint density at radius 3 is 2.56 bits per heavy atom. The van der Waals surface area contributed by atoms with E-state index in [0.717, 1.165) is 73.7 Å². The van der Waals surface area contributed by atoms with E-state index in [1.54, 1.807) is 7.11 Å². The highest BCUT2D eigenvalue weighted by atomic mass is 32.1. The lowest BCUT2D eigenvalue weighted by Gasteiger charge is -2.43. The number of likely N-dealkylation sites (tertiary alicyclic amines) is 1. The summed E-state index contributed by atoms with van der Waals surface area (Å²) < 4.78 is 28.2. The van der Waals surface area contributed by atoms with E-state index in [1.807, 2.05) is 16.9 Å². The lowest BCUT2D eigenvalue weighted by molar-refractivity contribution is -0.0807. The van der Waals surface area contributed by atoms with Crippen molar-refractivity contribution >= 4 is 30.2 Å². The van der Waals surface area contributed by atoms with Gasteiger partial charge in [0, 0.05) is 49.6 Å². The molecule has 39 heavy (non-hydrogen) atoms. The van der Waals surface area contributed by atoms with Gasteiger partial charge >= 0.3 is 6.01 Å². The minimum atomic E-state index is -0.906. The van der Waals surface area contributed by atoms with Crippen LogP contribution in [0.25, 0.3) is 16.7 Å². The number of halogens is 1. The molecule has 210 valence electrons. The first-order valence-corrected chi connectivity index (χ1v) is 13.9. The number of methoxy groups -OCH3 is 1. The molecule has 4 saturated heterocycles. The summed E-state index contributed by atoms with van der Waals surface area (Å²) in [7, 11) is 1.60. The maximum absolute atomic E-state index is 15.5. The average molecular weight is 556 g/mol. The number of ether oxygens (including phenoxy) is 2. The van der Waals surface area contributed by atoms with Gasteiger partial charge in [0.05, 0.1) is 38.1 Å². The summed E-state index contributed by atoms with van der Waals surface area (Å²) in [6.45, 7) is 9.05. The van der Waals surface area contributed by atoms with Crippen LogP contribution >= 0.6 is 13.5 Å². The minimum absolute atomic E-state index is 0. The zero-order valence-corrected chi connectivity index (χ0v) is 23.7. The molecule has 9 nitrogen and oxygen atoms in total. The van der Waals surface area contributed by atoms with E-state index in [4.69, 9.17) is 19.6 Å². The predicted molar refractivity (Wildman–Crippen MR) is 154 cm³/mol. The SMILES string of the molecule is COc1nc(N2CCN3CCC[C@H]3C2)cc(-n2ncc3cc(C)c(C4CCN(C5COC5)CC4F)cc32)n1.S. The molecule has 4 aliphatic rings. The number of fused-ring (bicyclic) bond motifs is 2. The molecule has 6 heterocycles. The summed E-state index contributed by atoms with van der Waals surface area (Å²) in [5, 5.41) is 5.73. The second-order valence-corrected chi connectivity index (χ2v) is 11.3. The summed E-state index contributed by atoms with van der Waals surface area (Å²) in [6, 6.07) is 7.56. The maximum atomic E-state index is 15.5. The molecular weight excluding hydrogens is 517 g/mol. The van der Waals surface area contributed by atoms with Gasteiger partial charge in [0.25, 0.3) is 0 Å². The average Bonchev–Trinajstić information content (AvgIpc) is 3.53. The Bertz CT molecular complexity index is 1330. The fourth-order valence-electron chi connectivity index (χ4n) is 6.79. The lowest BCUT2D eigenvalue weighted by Crippen LogP contribution is -2.54. The largest absolute Gasteiger partial charge is 0.467 e. The first kappa shape index (κ1) is 26.7. The van der Waals surface area contributed by atoms with Gasteiger partial charge in [-0.2, -0.15) is 28.6 Å². The normalized spacial score (nSPS) is 26.3.